The van der Waals surface area contributed by atoms with Gasteiger partial charge in [0.05, 0.1) is 0 Å². The highest BCUT2D eigenvalue weighted by atomic mass is 16.3. The molecular formula is C48H50O4. The zero-order chi connectivity index (χ0) is 35.8. The fraction of sp³-hybridized carbons (Fsp3) is 0.500. The van der Waals surface area contributed by atoms with E-state index in [4.69, 9.17) is 0 Å². The topological polar surface area (TPSA) is 80.9 Å². The van der Waals surface area contributed by atoms with Gasteiger partial charge in [-0.2, -0.15) is 0 Å². The molecule has 0 spiro atoms. The second-order valence-electron chi connectivity index (χ2n) is 16.4. The molecule has 0 radical (unpaired) electrons. The van der Waals surface area contributed by atoms with Crippen molar-refractivity contribution in [2.45, 2.75) is 151 Å². The van der Waals surface area contributed by atoms with Crippen LogP contribution in [0.1, 0.15) is 151 Å². The molecule has 0 heterocycles. The van der Waals surface area contributed by atoms with Crippen molar-refractivity contribution in [3.63, 3.8) is 0 Å². The summed E-state index contributed by atoms with van der Waals surface area (Å²) >= 11 is 0. The van der Waals surface area contributed by atoms with Crippen molar-refractivity contribution >= 4 is 32.3 Å². The molecule has 0 aliphatic heterocycles. The first-order valence-electron chi connectivity index (χ1n) is 19.9. The Bertz CT molecular complexity index is 1930. The lowest BCUT2D eigenvalue weighted by Crippen LogP contribution is -2.29. The smallest absolute Gasteiger partial charge is 0.125 e. The van der Waals surface area contributed by atoms with Crippen LogP contribution in [0.3, 0.4) is 0 Å². The molecular weight excluding hydrogens is 641 g/mol. The Morgan fingerprint density at radius 2 is 0.538 bits per heavy atom. The average Bonchev–Trinajstić information content (AvgIpc) is 3.15. The van der Waals surface area contributed by atoms with E-state index in [1.807, 2.05) is 12.1 Å². The lowest BCUT2D eigenvalue weighted by molar-refractivity contribution is 0.0606. The molecule has 8 rings (SSSR count). The third-order valence-electron chi connectivity index (χ3n) is 12.3. The summed E-state index contributed by atoms with van der Waals surface area (Å²) < 4.78 is 0. The Morgan fingerprint density at radius 3 is 0.750 bits per heavy atom. The van der Waals surface area contributed by atoms with Crippen LogP contribution in [0.15, 0.2) is 36.4 Å². The molecule has 0 atom stereocenters. The van der Waals surface area contributed by atoms with Gasteiger partial charge in [0.1, 0.15) is 22.4 Å². The minimum atomic E-state index is -1.00. The highest BCUT2D eigenvalue weighted by molar-refractivity contribution is 6.26. The van der Waals surface area contributed by atoms with Gasteiger partial charge in [0.25, 0.3) is 0 Å². The monoisotopic (exact) mass is 690 g/mol. The largest absolute Gasteiger partial charge is 0.378 e. The van der Waals surface area contributed by atoms with Crippen LogP contribution in [-0.2, 0) is 0 Å². The Hall–Kier alpha value is -4.00. The van der Waals surface area contributed by atoms with Gasteiger partial charge < -0.3 is 20.4 Å². The summed E-state index contributed by atoms with van der Waals surface area (Å²) in [5.41, 5.74) is -0.803. The summed E-state index contributed by atoms with van der Waals surface area (Å²) in [6.45, 7) is 0. The Kier molecular flexibility index (Phi) is 9.50. The van der Waals surface area contributed by atoms with Crippen molar-refractivity contribution in [1.82, 2.24) is 0 Å². The SMILES string of the molecule is OC1(C#Cc2cc(C#CC3(O)CCCCC3)c3ccc4c(C#CC5(O)CCCCC5)cc(C#CC5(O)CCCCC5)c5ccc2c3c54)CCCCC1. The summed E-state index contributed by atoms with van der Waals surface area (Å²) in [5.74, 6) is 26.8. The van der Waals surface area contributed by atoms with Crippen LogP contribution in [0.4, 0.5) is 0 Å². The molecule has 4 aliphatic carbocycles. The molecule has 52 heavy (non-hydrogen) atoms. The lowest BCUT2D eigenvalue weighted by atomic mass is 9.83. The van der Waals surface area contributed by atoms with Crippen molar-refractivity contribution in [1.29, 1.82) is 0 Å². The summed E-state index contributed by atoms with van der Waals surface area (Å²) in [7, 11) is 0. The van der Waals surface area contributed by atoms with Gasteiger partial charge in [-0.25, -0.2) is 0 Å². The predicted molar refractivity (Wildman–Crippen MR) is 210 cm³/mol. The van der Waals surface area contributed by atoms with Crippen LogP contribution >= 0.6 is 0 Å². The number of benzene rings is 4. The summed E-state index contributed by atoms with van der Waals surface area (Å²) in [6.07, 6.45) is 17.6. The molecule has 4 saturated carbocycles. The van der Waals surface area contributed by atoms with Crippen LogP contribution in [-0.4, -0.2) is 42.8 Å². The third kappa shape index (κ3) is 7.17. The van der Waals surface area contributed by atoms with Crippen LogP contribution in [0.2, 0.25) is 0 Å². The average molecular weight is 691 g/mol. The van der Waals surface area contributed by atoms with Crippen molar-refractivity contribution in [3.8, 4) is 47.4 Å². The summed E-state index contributed by atoms with van der Waals surface area (Å²) in [6, 6.07) is 12.5. The van der Waals surface area contributed by atoms with Gasteiger partial charge in [-0.1, -0.05) is 97.3 Å². The predicted octanol–water partition coefficient (Wildman–Crippen LogP) is 8.77. The zero-order valence-corrected chi connectivity index (χ0v) is 30.4. The van der Waals surface area contributed by atoms with Crippen molar-refractivity contribution in [2.24, 2.45) is 0 Å². The van der Waals surface area contributed by atoms with Crippen LogP contribution < -0.4 is 0 Å². The fourth-order valence-corrected chi connectivity index (χ4v) is 9.19. The second kappa shape index (κ2) is 14.1. The van der Waals surface area contributed by atoms with Crippen LogP contribution in [0.25, 0.3) is 32.3 Å². The number of rotatable bonds is 0. The van der Waals surface area contributed by atoms with E-state index < -0.39 is 22.4 Å². The molecule has 4 heteroatoms. The maximum Gasteiger partial charge on any atom is 0.125 e. The number of hydrogen-bond acceptors (Lipinski definition) is 4. The molecule has 0 saturated heterocycles. The van der Waals surface area contributed by atoms with E-state index in [1.54, 1.807) is 0 Å². The van der Waals surface area contributed by atoms with Gasteiger partial charge in [0.2, 0.25) is 0 Å². The molecule has 4 fully saturated rings. The fourth-order valence-electron chi connectivity index (χ4n) is 9.19. The molecule has 0 bridgehead atoms. The van der Waals surface area contributed by atoms with Crippen LogP contribution in [0, 0.1) is 47.4 Å². The molecule has 4 aliphatic rings. The van der Waals surface area contributed by atoms with E-state index in [0.717, 1.165) is 132 Å². The minimum Gasteiger partial charge on any atom is -0.378 e. The highest BCUT2D eigenvalue weighted by Crippen LogP contribution is 2.41. The molecule has 0 aromatic heterocycles. The van der Waals surface area contributed by atoms with Gasteiger partial charge >= 0.3 is 0 Å². The normalized spacial score (nSPS) is 21.8. The van der Waals surface area contributed by atoms with E-state index >= 15 is 0 Å². The Morgan fingerprint density at radius 1 is 0.327 bits per heavy atom. The summed E-state index contributed by atoms with van der Waals surface area (Å²) in [4.78, 5) is 0. The lowest BCUT2D eigenvalue weighted by Gasteiger charge is -2.27. The first kappa shape index (κ1) is 35.1. The second-order valence-corrected chi connectivity index (χ2v) is 16.4. The first-order chi connectivity index (χ1) is 25.1. The minimum absolute atomic E-state index is 0.675. The van der Waals surface area contributed by atoms with E-state index in [9.17, 15) is 20.4 Å². The van der Waals surface area contributed by atoms with Gasteiger partial charge in [-0.3, -0.25) is 0 Å². The van der Waals surface area contributed by atoms with Crippen LogP contribution in [0.5, 0.6) is 0 Å². The molecule has 4 aromatic rings. The quantitative estimate of drug-likeness (QED) is 0.110. The number of aliphatic hydroxyl groups is 4. The van der Waals surface area contributed by atoms with Gasteiger partial charge in [0, 0.05) is 22.3 Å². The maximum absolute atomic E-state index is 11.4. The zero-order valence-electron chi connectivity index (χ0n) is 30.4. The van der Waals surface area contributed by atoms with Gasteiger partial charge in [-0.15, -0.1) is 0 Å². The van der Waals surface area contributed by atoms with E-state index in [-0.39, 0.29) is 0 Å². The molecule has 0 unspecified atom stereocenters. The van der Waals surface area contributed by atoms with E-state index in [2.05, 4.69) is 71.6 Å². The molecule has 4 nitrogen and oxygen atoms in total. The molecule has 0 amide bonds. The van der Waals surface area contributed by atoms with E-state index in [0.29, 0.717) is 51.4 Å². The molecule has 4 N–H and O–H groups in total. The first-order valence-corrected chi connectivity index (χ1v) is 19.9. The Labute approximate surface area is 308 Å². The maximum atomic E-state index is 11.4. The van der Waals surface area contributed by atoms with Crippen molar-refractivity contribution < 1.29 is 20.4 Å². The molecule has 266 valence electrons. The molecule has 4 aromatic carbocycles. The van der Waals surface area contributed by atoms with E-state index in [1.165, 1.54) is 0 Å². The van der Waals surface area contributed by atoms with Crippen molar-refractivity contribution in [3.05, 3.63) is 58.7 Å². The number of hydrogen-bond donors (Lipinski definition) is 4. The highest BCUT2D eigenvalue weighted by Gasteiger charge is 2.30. The third-order valence-corrected chi connectivity index (χ3v) is 12.3. The Balaban J connectivity index is 1.38. The van der Waals surface area contributed by atoms with Gasteiger partial charge in [-0.05, 0) is 147 Å². The van der Waals surface area contributed by atoms with Crippen molar-refractivity contribution in [2.75, 3.05) is 0 Å². The van der Waals surface area contributed by atoms with Gasteiger partial charge in [0.15, 0.2) is 0 Å². The standard InChI is InChI=1S/C48H50O4/c49-45(21-5-1-6-22-45)29-17-35-33-36(18-30-46(50)23-7-2-8-24-46)40-15-16-42-38(20-32-48(52)27-11-4-12-28-48)34-37(19-31-47(51)25-9-3-10-26-47)41-14-13-39(35)43(40)44(41)42/h13-16,33-34,49-52H,1-12,21-28H2. The summed E-state index contributed by atoms with van der Waals surface area (Å²) in [5, 5.41) is 51.5.